The molecule has 0 saturated heterocycles. The first-order valence-corrected chi connectivity index (χ1v) is 5.91. The third-order valence-electron chi connectivity index (χ3n) is 3.27. The van der Waals surface area contributed by atoms with Crippen molar-refractivity contribution in [2.24, 2.45) is 5.92 Å². The van der Waals surface area contributed by atoms with Gasteiger partial charge in [-0.3, -0.25) is 0 Å². The maximum absolute atomic E-state index is 5.76. The fourth-order valence-electron chi connectivity index (χ4n) is 2.33. The molecule has 2 nitrogen and oxygen atoms in total. The minimum Gasteiger partial charge on any atom is -0.377 e. The van der Waals surface area contributed by atoms with E-state index in [1.165, 1.54) is 37.7 Å². The summed E-state index contributed by atoms with van der Waals surface area (Å²) in [4.78, 5) is 0. The van der Waals surface area contributed by atoms with Crippen LogP contribution in [-0.2, 0) is 4.74 Å². The molecule has 1 saturated carbocycles. The van der Waals surface area contributed by atoms with Crippen LogP contribution in [0.3, 0.4) is 0 Å². The quantitative estimate of drug-likeness (QED) is 0.694. The van der Waals surface area contributed by atoms with Crippen LogP contribution >= 0.6 is 0 Å². The largest absolute Gasteiger partial charge is 0.377 e. The molecule has 2 heteroatoms. The summed E-state index contributed by atoms with van der Waals surface area (Å²) in [5.74, 6) is 0.859. The molecule has 0 bridgehead atoms. The second kappa shape index (κ2) is 5.52. The number of rotatable bonds is 4. The van der Waals surface area contributed by atoms with Crippen molar-refractivity contribution < 1.29 is 4.74 Å². The molecule has 0 atom stereocenters. The van der Waals surface area contributed by atoms with Crippen molar-refractivity contribution in [1.29, 1.82) is 0 Å². The molecule has 0 spiro atoms. The Morgan fingerprint density at radius 3 is 2.93 bits per heavy atom. The lowest BCUT2D eigenvalue weighted by Crippen LogP contribution is -2.22. The molecule has 0 amide bonds. The molecule has 0 aromatic rings. The van der Waals surface area contributed by atoms with Crippen LogP contribution in [0.5, 0.6) is 0 Å². The first-order chi connectivity index (χ1) is 6.95. The summed E-state index contributed by atoms with van der Waals surface area (Å²) in [6.07, 6.45) is 9.06. The van der Waals surface area contributed by atoms with Crippen molar-refractivity contribution in [2.75, 3.05) is 26.3 Å². The van der Waals surface area contributed by atoms with Gasteiger partial charge in [0, 0.05) is 13.2 Å². The smallest absolute Gasteiger partial charge is 0.0677 e. The summed E-state index contributed by atoms with van der Waals surface area (Å²) in [7, 11) is 0. The van der Waals surface area contributed by atoms with E-state index in [2.05, 4.69) is 11.4 Å². The topological polar surface area (TPSA) is 21.3 Å². The highest BCUT2D eigenvalue weighted by Gasteiger charge is 2.15. The van der Waals surface area contributed by atoms with Gasteiger partial charge in [0.15, 0.2) is 0 Å². The summed E-state index contributed by atoms with van der Waals surface area (Å²) in [6.45, 7) is 4.02. The SMILES string of the molecule is C1=C(COCC2CCCC2)CCNC1. The molecule has 2 rings (SSSR count). The molecule has 1 heterocycles. The van der Waals surface area contributed by atoms with Gasteiger partial charge in [-0.1, -0.05) is 18.9 Å². The number of nitrogens with one attached hydrogen (secondary N) is 1. The van der Waals surface area contributed by atoms with Crippen molar-refractivity contribution in [3.8, 4) is 0 Å². The van der Waals surface area contributed by atoms with Gasteiger partial charge in [0.1, 0.15) is 0 Å². The molecule has 0 radical (unpaired) electrons. The molecule has 0 unspecified atom stereocenters. The van der Waals surface area contributed by atoms with Gasteiger partial charge in [-0.15, -0.1) is 0 Å². The van der Waals surface area contributed by atoms with Crippen molar-refractivity contribution in [2.45, 2.75) is 32.1 Å². The molecule has 0 aromatic carbocycles. The van der Waals surface area contributed by atoms with E-state index in [1.807, 2.05) is 0 Å². The maximum Gasteiger partial charge on any atom is 0.0677 e. The summed E-state index contributed by atoms with van der Waals surface area (Å²) < 4.78 is 5.76. The summed E-state index contributed by atoms with van der Waals surface area (Å²) in [6, 6.07) is 0. The third kappa shape index (κ3) is 3.10. The fraction of sp³-hybridized carbons (Fsp3) is 0.833. The lowest BCUT2D eigenvalue weighted by Gasteiger charge is -2.15. The molecule has 14 heavy (non-hydrogen) atoms. The van der Waals surface area contributed by atoms with Crippen molar-refractivity contribution in [3.05, 3.63) is 11.6 Å². The summed E-state index contributed by atoms with van der Waals surface area (Å²) in [5, 5.41) is 3.31. The Labute approximate surface area is 86.7 Å². The van der Waals surface area contributed by atoms with Crippen molar-refractivity contribution in [1.82, 2.24) is 5.32 Å². The van der Waals surface area contributed by atoms with E-state index >= 15 is 0 Å². The Morgan fingerprint density at radius 2 is 2.21 bits per heavy atom. The van der Waals surface area contributed by atoms with E-state index in [0.29, 0.717) is 0 Å². The molecular weight excluding hydrogens is 174 g/mol. The number of ether oxygens (including phenoxy) is 1. The predicted molar refractivity (Wildman–Crippen MR) is 58.3 cm³/mol. The molecule has 1 N–H and O–H groups in total. The van der Waals surface area contributed by atoms with Gasteiger partial charge in [-0.25, -0.2) is 0 Å². The Bertz CT molecular complexity index is 194. The van der Waals surface area contributed by atoms with Crippen LogP contribution in [-0.4, -0.2) is 26.3 Å². The second-order valence-corrected chi connectivity index (χ2v) is 4.48. The maximum atomic E-state index is 5.76. The van der Waals surface area contributed by atoms with Crippen molar-refractivity contribution >= 4 is 0 Å². The lowest BCUT2D eigenvalue weighted by molar-refractivity contribution is 0.117. The number of hydrogen-bond donors (Lipinski definition) is 1. The zero-order chi connectivity index (χ0) is 9.64. The minimum atomic E-state index is 0.859. The van der Waals surface area contributed by atoms with Crippen LogP contribution in [0, 0.1) is 5.92 Å². The van der Waals surface area contributed by atoms with Crippen LogP contribution in [0.4, 0.5) is 0 Å². The Kier molecular flexibility index (Phi) is 4.02. The standard InChI is InChI=1S/C12H21NO/c1-2-4-11(3-1)9-14-10-12-5-7-13-8-6-12/h5,11,13H,1-4,6-10H2. The van der Waals surface area contributed by atoms with E-state index in [0.717, 1.165) is 32.2 Å². The molecule has 2 aliphatic rings. The summed E-state index contributed by atoms with van der Waals surface area (Å²) >= 11 is 0. The van der Waals surface area contributed by atoms with Crippen LogP contribution in [0.2, 0.25) is 0 Å². The van der Waals surface area contributed by atoms with E-state index in [-0.39, 0.29) is 0 Å². The van der Waals surface area contributed by atoms with Gasteiger partial charge in [-0.05, 0) is 37.3 Å². The third-order valence-corrected chi connectivity index (χ3v) is 3.27. The highest BCUT2D eigenvalue weighted by Crippen LogP contribution is 2.24. The zero-order valence-electron chi connectivity index (χ0n) is 8.93. The highest BCUT2D eigenvalue weighted by molar-refractivity contribution is 5.06. The van der Waals surface area contributed by atoms with E-state index in [4.69, 9.17) is 4.74 Å². The first-order valence-electron chi connectivity index (χ1n) is 5.91. The molecular formula is C12H21NO. The van der Waals surface area contributed by atoms with Crippen LogP contribution < -0.4 is 5.32 Å². The van der Waals surface area contributed by atoms with E-state index < -0.39 is 0 Å². The van der Waals surface area contributed by atoms with Crippen LogP contribution in [0.15, 0.2) is 11.6 Å². The van der Waals surface area contributed by atoms with Crippen molar-refractivity contribution in [3.63, 3.8) is 0 Å². The zero-order valence-corrected chi connectivity index (χ0v) is 8.93. The highest BCUT2D eigenvalue weighted by atomic mass is 16.5. The van der Waals surface area contributed by atoms with Gasteiger partial charge in [-0.2, -0.15) is 0 Å². The second-order valence-electron chi connectivity index (χ2n) is 4.48. The Balaban J connectivity index is 1.59. The Morgan fingerprint density at radius 1 is 1.36 bits per heavy atom. The first kappa shape index (κ1) is 10.2. The summed E-state index contributed by atoms with van der Waals surface area (Å²) in [5.41, 5.74) is 1.49. The van der Waals surface area contributed by atoms with Gasteiger partial charge in [0.05, 0.1) is 6.61 Å². The predicted octanol–water partition coefficient (Wildman–Crippen LogP) is 2.11. The van der Waals surface area contributed by atoms with E-state index in [9.17, 15) is 0 Å². The normalized spacial score (nSPS) is 23.9. The van der Waals surface area contributed by atoms with Gasteiger partial charge < -0.3 is 10.1 Å². The number of hydrogen-bond acceptors (Lipinski definition) is 2. The van der Waals surface area contributed by atoms with Gasteiger partial charge in [0.2, 0.25) is 0 Å². The average molecular weight is 195 g/mol. The fourth-order valence-corrected chi connectivity index (χ4v) is 2.33. The van der Waals surface area contributed by atoms with E-state index in [1.54, 1.807) is 0 Å². The molecule has 0 aromatic heterocycles. The van der Waals surface area contributed by atoms with Crippen LogP contribution in [0.1, 0.15) is 32.1 Å². The Hall–Kier alpha value is -0.340. The van der Waals surface area contributed by atoms with Gasteiger partial charge in [0.25, 0.3) is 0 Å². The van der Waals surface area contributed by atoms with Crippen LogP contribution in [0.25, 0.3) is 0 Å². The molecule has 1 aliphatic carbocycles. The minimum absolute atomic E-state index is 0.859. The van der Waals surface area contributed by atoms with Gasteiger partial charge >= 0.3 is 0 Å². The molecule has 1 aliphatic heterocycles. The molecule has 80 valence electrons. The average Bonchev–Trinajstić information content (AvgIpc) is 2.72. The monoisotopic (exact) mass is 195 g/mol. The lowest BCUT2D eigenvalue weighted by atomic mass is 10.1. The molecule has 1 fully saturated rings.